The number of alkyl halides is 1. The third kappa shape index (κ3) is 3.81. The molecule has 3 rings (SSSR count). The fraction of sp³-hybridized carbons (Fsp3) is 0.562. The van der Waals surface area contributed by atoms with Gasteiger partial charge in [0.05, 0.1) is 6.54 Å². The molecule has 0 saturated carbocycles. The molecule has 1 saturated heterocycles. The second-order valence-corrected chi connectivity index (χ2v) is 6.35. The number of aryl methyl sites for hydroxylation is 1. The molecule has 0 radical (unpaired) electrons. The molecule has 24 heavy (non-hydrogen) atoms. The van der Waals surface area contributed by atoms with Crippen LogP contribution >= 0.6 is 0 Å². The van der Waals surface area contributed by atoms with Crippen molar-refractivity contribution in [1.29, 1.82) is 0 Å². The smallest absolute Gasteiger partial charge is 0.244 e. The Morgan fingerprint density at radius 2 is 2.25 bits per heavy atom. The zero-order valence-electron chi connectivity index (χ0n) is 14.0. The van der Waals surface area contributed by atoms with Gasteiger partial charge < -0.3 is 9.47 Å². The van der Waals surface area contributed by atoms with Crippen molar-refractivity contribution in [3.8, 4) is 0 Å². The molecule has 7 nitrogen and oxygen atoms in total. The lowest BCUT2D eigenvalue weighted by atomic mass is 10.2. The van der Waals surface area contributed by atoms with Crippen LogP contribution in [0.25, 0.3) is 0 Å². The summed E-state index contributed by atoms with van der Waals surface area (Å²) in [5.41, 5.74) is 0. The van der Waals surface area contributed by atoms with E-state index in [0.717, 1.165) is 5.82 Å². The van der Waals surface area contributed by atoms with Gasteiger partial charge in [-0.3, -0.25) is 14.4 Å². The monoisotopic (exact) mass is 334 g/mol. The van der Waals surface area contributed by atoms with E-state index in [9.17, 15) is 9.18 Å². The number of carbonyl (C=O) groups is 1. The zero-order chi connectivity index (χ0) is 17.1. The van der Waals surface area contributed by atoms with E-state index >= 15 is 0 Å². The summed E-state index contributed by atoms with van der Waals surface area (Å²) in [6.07, 6.45) is 6.62. The fourth-order valence-corrected chi connectivity index (χ4v) is 3.11. The highest BCUT2D eigenvalue weighted by atomic mass is 19.1. The first-order valence-corrected chi connectivity index (χ1v) is 8.08. The summed E-state index contributed by atoms with van der Waals surface area (Å²) >= 11 is 0. The second kappa shape index (κ2) is 7.12. The average Bonchev–Trinajstić information content (AvgIpc) is 3.24. The van der Waals surface area contributed by atoms with Crippen molar-refractivity contribution in [3.05, 3.63) is 36.7 Å². The molecule has 1 aliphatic heterocycles. The minimum Gasteiger partial charge on any atom is -0.343 e. The van der Waals surface area contributed by atoms with Crippen LogP contribution < -0.4 is 0 Å². The lowest BCUT2D eigenvalue weighted by Gasteiger charge is -2.28. The number of hydrogen-bond acceptors (Lipinski definition) is 4. The number of carbonyl (C=O) groups excluding carboxylic acids is 1. The average molecular weight is 334 g/mol. The van der Waals surface area contributed by atoms with E-state index in [1.54, 1.807) is 41.3 Å². The summed E-state index contributed by atoms with van der Waals surface area (Å²) in [6.45, 7) is 1.69. The Hall–Kier alpha value is -2.22. The van der Waals surface area contributed by atoms with E-state index in [4.69, 9.17) is 0 Å². The van der Waals surface area contributed by atoms with Crippen LogP contribution in [0.2, 0.25) is 0 Å². The van der Waals surface area contributed by atoms with Crippen molar-refractivity contribution in [2.24, 2.45) is 7.05 Å². The summed E-state index contributed by atoms with van der Waals surface area (Å²) in [5, 5.41) is 4.04. The fourth-order valence-electron chi connectivity index (χ4n) is 3.11. The van der Waals surface area contributed by atoms with Gasteiger partial charge in [-0.1, -0.05) is 0 Å². The predicted octanol–water partition coefficient (Wildman–Crippen LogP) is 0.688. The van der Waals surface area contributed by atoms with Crippen LogP contribution in [0, 0.1) is 0 Å². The first-order valence-electron chi connectivity index (χ1n) is 8.08. The van der Waals surface area contributed by atoms with Crippen LogP contribution in [-0.4, -0.2) is 67.4 Å². The highest BCUT2D eigenvalue weighted by molar-refractivity contribution is 5.75. The molecular formula is C16H23FN6O. The standard InChI is InChI=1S/C16H23FN6O/c1-20-7-5-18-15(20)11-22-9-13(17)8-14(22)10-21(2)16(24)12-23-6-3-4-19-23/h3-7,13-14H,8-12H2,1-2H3/t13-,14-/m0/s1. The van der Waals surface area contributed by atoms with Crippen LogP contribution in [-0.2, 0) is 24.9 Å². The van der Waals surface area contributed by atoms with E-state index in [1.165, 1.54) is 0 Å². The molecule has 130 valence electrons. The zero-order valence-corrected chi connectivity index (χ0v) is 14.0. The first kappa shape index (κ1) is 16.6. The lowest BCUT2D eigenvalue weighted by Crippen LogP contribution is -2.42. The normalized spacial score (nSPS) is 21.3. The summed E-state index contributed by atoms with van der Waals surface area (Å²) in [4.78, 5) is 20.3. The molecule has 2 aromatic heterocycles. The Kier molecular flexibility index (Phi) is 4.94. The summed E-state index contributed by atoms with van der Waals surface area (Å²) < 4.78 is 17.5. The maximum atomic E-state index is 13.9. The van der Waals surface area contributed by atoms with Gasteiger partial charge in [0, 0.05) is 58.0 Å². The van der Waals surface area contributed by atoms with Gasteiger partial charge in [0.2, 0.25) is 5.91 Å². The molecule has 0 unspecified atom stereocenters. The maximum absolute atomic E-state index is 13.9. The SMILES string of the molecule is CN(C[C@@H]1C[C@H](F)CN1Cc1nccn1C)C(=O)Cn1cccn1. The Morgan fingerprint density at radius 1 is 1.42 bits per heavy atom. The third-order valence-corrected chi connectivity index (χ3v) is 4.51. The van der Waals surface area contributed by atoms with E-state index in [0.29, 0.717) is 26.1 Å². The molecule has 0 aliphatic carbocycles. The van der Waals surface area contributed by atoms with Crippen LogP contribution in [0.4, 0.5) is 4.39 Å². The van der Waals surface area contributed by atoms with Crippen LogP contribution in [0.15, 0.2) is 30.9 Å². The molecule has 1 amide bonds. The quantitative estimate of drug-likeness (QED) is 0.780. The van der Waals surface area contributed by atoms with Gasteiger partial charge in [-0.2, -0.15) is 5.10 Å². The summed E-state index contributed by atoms with van der Waals surface area (Å²) in [6, 6.07) is 1.79. The van der Waals surface area contributed by atoms with Crippen molar-refractivity contribution in [2.75, 3.05) is 20.1 Å². The van der Waals surface area contributed by atoms with Crippen LogP contribution in [0.1, 0.15) is 12.2 Å². The van der Waals surface area contributed by atoms with Gasteiger partial charge in [0.15, 0.2) is 0 Å². The molecule has 2 atom stereocenters. The van der Waals surface area contributed by atoms with Crippen molar-refractivity contribution < 1.29 is 9.18 Å². The molecule has 0 bridgehead atoms. The van der Waals surface area contributed by atoms with Crippen molar-refractivity contribution >= 4 is 5.91 Å². The highest BCUT2D eigenvalue weighted by Crippen LogP contribution is 2.23. The molecule has 0 aromatic carbocycles. The Morgan fingerprint density at radius 3 is 2.92 bits per heavy atom. The lowest BCUT2D eigenvalue weighted by molar-refractivity contribution is -0.131. The van der Waals surface area contributed by atoms with Gasteiger partial charge in [0.1, 0.15) is 18.5 Å². The molecule has 3 heterocycles. The first-order chi connectivity index (χ1) is 11.5. The van der Waals surface area contributed by atoms with E-state index in [2.05, 4.69) is 15.0 Å². The molecule has 0 spiro atoms. The summed E-state index contributed by atoms with van der Waals surface area (Å²) in [5.74, 6) is 0.873. The Labute approximate surface area is 140 Å². The highest BCUT2D eigenvalue weighted by Gasteiger charge is 2.34. The van der Waals surface area contributed by atoms with E-state index in [-0.39, 0.29) is 18.5 Å². The molecule has 1 fully saturated rings. The third-order valence-electron chi connectivity index (χ3n) is 4.51. The molecule has 2 aromatic rings. The van der Waals surface area contributed by atoms with Gasteiger partial charge in [-0.25, -0.2) is 9.37 Å². The molecule has 0 N–H and O–H groups in total. The number of aromatic nitrogens is 4. The van der Waals surface area contributed by atoms with Gasteiger partial charge >= 0.3 is 0 Å². The topological polar surface area (TPSA) is 59.2 Å². The molecule has 1 aliphatic rings. The van der Waals surface area contributed by atoms with Gasteiger partial charge in [-0.05, 0) is 12.5 Å². The van der Waals surface area contributed by atoms with Crippen molar-refractivity contribution in [1.82, 2.24) is 29.1 Å². The number of amides is 1. The summed E-state index contributed by atoms with van der Waals surface area (Å²) in [7, 11) is 3.69. The molecule has 8 heteroatoms. The van der Waals surface area contributed by atoms with Gasteiger partial charge in [0.25, 0.3) is 0 Å². The van der Waals surface area contributed by atoms with Gasteiger partial charge in [-0.15, -0.1) is 0 Å². The Bertz CT molecular complexity index is 670. The van der Waals surface area contributed by atoms with Crippen molar-refractivity contribution in [3.63, 3.8) is 0 Å². The number of halogens is 1. The number of imidazole rings is 1. The predicted molar refractivity (Wildman–Crippen MR) is 86.8 cm³/mol. The van der Waals surface area contributed by atoms with E-state index < -0.39 is 6.17 Å². The maximum Gasteiger partial charge on any atom is 0.244 e. The second-order valence-electron chi connectivity index (χ2n) is 6.35. The molecular weight excluding hydrogens is 311 g/mol. The largest absolute Gasteiger partial charge is 0.343 e. The number of nitrogens with zero attached hydrogens (tertiary/aromatic N) is 6. The van der Waals surface area contributed by atoms with Crippen LogP contribution in [0.5, 0.6) is 0 Å². The minimum atomic E-state index is -0.857. The Balaban J connectivity index is 1.59. The van der Waals surface area contributed by atoms with Crippen LogP contribution in [0.3, 0.4) is 0 Å². The number of likely N-dealkylation sites (N-methyl/N-ethyl adjacent to an activating group) is 1. The number of likely N-dealkylation sites (tertiary alicyclic amines) is 1. The number of hydrogen-bond donors (Lipinski definition) is 0. The number of rotatable bonds is 6. The van der Waals surface area contributed by atoms with Crippen molar-refractivity contribution in [2.45, 2.75) is 31.7 Å². The van der Waals surface area contributed by atoms with E-state index in [1.807, 2.05) is 17.8 Å². The minimum absolute atomic E-state index is 0.00303.